The molecule has 1 fully saturated rings. The lowest BCUT2D eigenvalue weighted by atomic mass is 10.2. The molecule has 0 aromatic heterocycles. The molecule has 1 aromatic rings. The standard InChI is InChI=1S/C15H23BrN2O/c1-18(10-12-3-5-13(16)6-4-12)15(11-19-2)9-17-14-7-8-14/h3-6,14-15,17H,7-11H2,1-2H3. The smallest absolute Gasteiger partial charge is 0.0630 e. The van der Waals surface area contributed by atoms with E-state index in [-0.39, 0.29) is 0 Å². The number of hydrogen-bond donors (Lipinski definition) is 1. The molecule has 1 atom stereocenters. The van der Waals surface area contributed by atoms with E-state index in [4.69, 9.17) is 4.74 Å². The lowest BCUT2D eigenvalue weighted by Crippen LogP contribution is -2.43. The second kappa shape index (κ2) is 7.39. The van der Waals surface area contributed by atoms with Crippen LogP contribution in [-0.2, 0) is 11.3 Å². The van der Waals surface area contributed by atoms with Crippen LogP contribution in [0.4, 0.5) is 0 Å². The van der Waals surface area contributed by atoms with Gasteiger partial charge in [0.15, 0.2) is 0 Å². The van der Waals surface area contributed by atoms with Gasteiger partial charge in [-0.05, 0) is 37.6 Å². The van der Waals surface area contributed by atoms with Crippen LogP contribution in [-0.4, -0.2) is 44.3 Å². The number of benzene rings is 1. The number of halogens is 1. The summed E-state index contributed by atoms with van der Waals surface area (Å²) in [5.41, 5.74) is 1.33. The van der Waals surface area contributed by atoms with Gasteiger partial charge in [-0.2, -0.15) is 0 Å². The summed E-state index contributed by atoms with van der Waals surface area (Å²) < 4.78 is 6.47. The van der Waals surface area contributed by atoms with E-state index in [0.717, 1.165) is 30.2 Å². The first-order chi connectivity index (χ1) is 9.19. The molecular formula is C15H23BrN2O. The third kappa shape index (κ3) is 5.22. The SMILES string of the molecule is COCC(CNC1CC1)N(C)Cc1ccc(Br)cc1. The van der Waals surface area contributed by atoms with Crippen molar-refractivity contribution in [2.24, 2.45) is 0 Å². The van der Waals surface area contributed by atoms with Gasteiger partial charge in [0.25, 0.3) is 0 Å². The van der Waals surface area contributed by atoms with Crippen LogP contribution < -0.4 is 5.32 Å². The predicted molar refractivity (Wildman–Crippen MR) is 82.3 cm³/mol. The highest BCUT2D eigenvalue weighted by Crippen LogP contribution is 2.19. The maximum absolute atomic E-state index is 5.35. The molecule has 106 valence electrons. The maximum Gasteiger partial charge on any atom is 0.0630 e. The number of likely N-dealkylation sites (N-methyl/N-ethyl adjacent to an activating group) is 1. The van der Waals surface area contributed by atoms with Gasteiger partial charge in [0.2, 0.25) is 0 Å². The Morgan fingerprint density at radius 1 is 1.37 bits per heavy atom. The van der Waals surface area contributed by atoms with Crippen LogP contribution >= 0.6 is 15.9 Å². The molecule has 0 radical (unpaired) electrons. The largest absolute Gasteiger partial charge is 0.383 e. The summed E-state index contributed by atoms with van der Waals surface area (Å²) in [6.07, 6.45) is 2.66. The highest BCUT2D eigenvalue weighted by Gasteiger charge is 2.23. The summed E-state index contributed by atoms with van der Waals surface area (Å²) in [6, 6.07) is 9.69. The molecule has 1 saturated carbocycles. The van der Waals surface area contributed by atoms with E-state index in [9.17, 15) is 0 Å². The van der Waals surface area contributed by atoms with Crippen molar-refractivity contribution in [3.63, 3.8) is 0 Å². The number of ether oxygens (including phenoxy) is 1. The Kier molecular flexibility index (Phi) is 5.82. The van der Waals surface area contributed by atoms with Gasteiger partial charge in [-0.3, -0.25) is 4.90 Å². The maximum atomic E-state index is 5.35. The van der Waals surface area contributed by atoms with Gasteiger partial charge in [-0.15, -0.1) is 0 Å². The molecule has 0 amide bonds. The summed E-state index contributed by atoms with van der Waals surface area (Å²) in [5, 5.41) is 3.59. The van der Waals surface area contributed by atoms with E-state index in [0.29, 0.717) is 6.04 Å². The fraction of sp³-hybridized carbons (Fsp3) is 0.600. The average Bonchev–Trinajstić information content (AvgIpc) is 3.21. The molecule has 1 aromatic carbocycles. The number of hydrogen-bond acceptors (Lipinski definition) is 3. The summed E-state index contributed by atoms with van der Waals surface area (Å²) in [4.78, 5) is 2.36. The summed E-state index contributed by atoms with van der Waals surface area (Å²) in [7, 11) is 3.94. The van der Waals surface area contributed by atoms with Gasteiger partial charge in [-0.25, -0.2) is 0 Å². The Morgan fingerprint density at radius 2 is 2.05 bits per heavy atom. The third-order valence-electron chi connectivity index (χ3n) is 3.55. The number of nitrogens with zero attached hydrogens (tertiary/aromatic N) is 1. The quantitative estimate of drug-likeness (QED) is 0.794. The Labute approximate surface area is 124 Å². The van der Waals surface area contributed by atoms with Crippen LogP contribution in [0.1, 0.15) is 18.4 Å². The van der Waals surface area contributed by atoms with Gasteiger partial charge < -0.3 is 10.1 Å². The van der Waals surface area contributed by atoms with Gasteiger partial charge in [0.1, 0.15) is 0 Å². The minimum Gasteiger partial charge on any atom is -0.383 e. The molecule has 1 aliphatic carbocycles. The van der Waals surface area contributed by atoms with Crippen LogP contribution in [0.25, 0.3) is 0 Å². The van der Waals surface area contributed by atoms with Gasteiger partial charge >= 0.3 is 0 Å². The Morgan fingerprint density at radius 3 is 2.63 bits per heavy atom. The van der Waals surface area contributed by atoms with Crippen LogP contribution in [0.2, 0.25) is 0 Å². The Bertz CT molecular complexity index is 378. The van der Waals surface area contributed by atoms with Crippen molar-refractivity contribution in [3.05, 3.63) is 34.3 Å². The molecule has 3 nitrogen and oxygen atoms in total. The molecule has 0 spiro atoms. The van der Waals surface area contributed by atoms with Crippen molar-refractivity contribution in [3.8, 4) is 0 Å². The molecular weight excluding hydrogens is 304 g/mol. The summed E-state index contributed by atoms with van der Waals surface area (Å²) in [6.45, 7) is 2.73. The average molecular weight is 327 g/mol. The molecule has 1 unspecified atom stereocenters. The van der Waals surface area contributed by atoms with Gasteiger partial charge in [0.05, 0.1) is 6.61 Å². The van der Waals surface area contributed by atoms with Crippen molar-refractivity contribution in [1.29, 1.82) is 0 Å². The normalized spacial score (nSPS) is 16.8. The van der Waals surface area contributed by atoms with E-state index < -0.39 is 0 Å². The lowest BCUT2D eigenvalue weighted by Gasteiger charge is -2.28. The van der Waals surface area contributed by atoms with Gasteiger partial charge in [-0.1, -0.05) is 28.1 Å². The number of nitrogens with one attached hydrogen (secondary N) is 1. The first kappa shape index (κ1) is 15.0. The molecule has 2 rings (SSSR count). The van der Waals surface area contributed by atoms with E-state index in [2.05, 4.69) is 57.5 Å². The molecule has 1 N–H and O–H groups in total. The first-order valence-corrected chi connectivity index (χ1v) is 7.65. The monoisotopic (exact) mass is 326 g/mol. The fourth-order valence-electron chi connectivity index (χ4n) is 2.13. The van der Waals surface area contributed by atoms with Crippen molar-refractivity contribution < 1.29 is 4.74 Å². The second-order valence-electron chi connectivity index (χ2n) is 5.33. The van der Waals surface area contributed by atoms with Crippen molar-refractivity contribution in [1.82, 2.24) is 10.2 Å². The molecule has 0 bridgehead atoms. The zero-order valence-electron chi connectivity index (χ0n) is 11.7. The molecule has 0 heterocycles. The highest BCUT2D eigenvalue weighted by atomic mass is 79.9. The van der Waals surface area contributed by atoms with E-state index in [1.54, 1.807) is 7.11 Å². The molecule has 0 saturated heterocycles. The molecule has 4 heteroatoms. The molecule has 0 aliphatic heterocycles. The number of rotatable bonds is 8. The zero-order chi connectivity index (χ0) is 13.7. The molecule has 19 heavy (non-hydrogen) atoms. The Balaban J connectivity index is 1.85. The minimum absolute atomic E-state index is 0.425. The predicted octanol–water partition coefficient (Wildman–Crippen LogP) is 2.65. The van der Waals surface area contributed by atoms with Crippen LogP contribution in [0.5, 0.6) is 0 Å². The lowest BCUT2D eigenvalue weighted by molar-refractivity contribution is 0.101. The fourth-order valence-corrected chi connectivity index (χ4v) is 2.40. The van der Waals surface area contributed by atoms with E-state index in [1.807, 2.05) is 0 Å². The first-order valence-electron chi connectivity index (χ1n) is 6.86. The van der Waals surface area contributed by atoms with Crippen LogP contribution in [0, 0.1) is 0 Å². The highest BCUT2D eigenvalue weighted by molar-refractivity contribution is 9.10. The van der Waals surface area contributed by atoms with E-state index >= 15 is 0 Å². The Hall–Kier alpha value is -0.420. The van der Waals surface area contributed by atoms with Crippen molar-refractivity contribution in [2.45, 2.75) is 31.5 Å². The summed E-state index contributed by atoms with van der Waals surface area (Å²) >= 11 is 3.47. The van der Waals surface area contributed by atoms with Crippen molar-refractivity contribution in [2.75, 3.05) is 27.3 Å². The second-order valence-corrected chi connectivity index (χ2v) is 6.25. The molecule has 1 aliphatic rings. The minimum atomic E-state index is 0.425. The topological polar surface area (TPSA) is 24.5 Å². The zero-order valence-corrected chi connectivity index (χ0v) is 13.3. The number of methoxy groups -OCH3 is 1. The van der Waals surface area contributed by atoms with E-state index in [1.165, 1.54) is 18.4 Å². The van der Waals surface area contributed by atoms with Crippen LogP contribution in [0.3, 0.4) is 0 Å². The summed E-state index contributed by atoms with van der Waals surface area (Å²) in [5.74, 6) is 0. The van der Waals surface area contributed by atoms with Crippen LogP contribution in [0.15, 0.2) is 28.7 Å². The third-order valence-corrected chi connectivity index (χ3v) is 4.08. The van der Waals surface area contributed by atoms with Gasteiger partial charge in [0, 0.05) is 36.8 Å². The van der Waals surface area contributed by atoms with Crippen molar-refractivity contribution >= 4 is 15.9 Å².